The van der Waals surface area contributed by atoms with Crippen molar-refractivity contribution in [1.82, 2.24) is 5.32 Å². The van der Waals surface area contributed by atoms with Crippen molar-refractivity contribution in [2.75, 3.05) is 20.3 Å². The third-order valence-corrected chi connectivity index (χ3v) is 14.2. The molecule has 0 aromatic rings. The van der Waals surface area contributed by atoms with Crippen LogP contribution >= 0.6 is 6.72 Å². The molecule has 0 saturated heterocycles. The molecule has 4 aliphatic carbocycles. The van der Waals surface area contributed by atoms with Crippen LogP contribution in [0.2, 0.25) is 0 Å². The summed E-state index contributed by atoms with van der Waals surface area (Å²) in [5.41, 5.74) is 0.294. The number of ketones is 1. The molecule has 0 spiro atoms. The average molecular weight is 684 g/mol. The van der Waals surface area contributed by atoms with Crippen molar-refractivity contribution in [2.45, 2.75) is 123 Å². The van der Waals surface area contributed by atoms with Gasteiger partial charge >= 0.3 is 12.7 Å². The standard InChI is InChI=1S/C35H58NO8PS/c1-6-7-8-9-31(39)36-25-12-16-34(3)24(21-25)22-30(38)33-28-11-10-27(35(28,4)17-13-29(33)34)23(2)20-26(37)14-18-43-32(40)15-19-44-45(41,46)42-5/h7-8,23-25,27-30,33,38H,6,9-22H2,1-5H3,(H,36,39)(H,41,46)/t23-,24?,25-,27?,28?,29?,30?,33?,34+,35-,45?/m1/s1. The zero-order chi connectivity index (χ0) is 33.7. The van der Waals surface area contributed by atoms with E-state index in [1.54, 1.807) is 0 Å². The van der Waals surface area contributed by atoms with Crippen molar-refractivity contribution < 1.29 is 38.2 Å². The molecular formula is C35H58NO8PS. The van der Waals surface area contributed by atoms with Gasteiger partial charge in [0.1, 0.15) is 5.78 Å². The molecule has 3 N–H and O–H groups in total. The topological polar surface area (TPSA) is 131 Å². The maximum Gasteiger partial charge on any atom is 0.324 e. The van der Waals surface area contributed by atoms with Crippen molar-refractivity contribution in [3.8, 4) is 0 Å². The molecule has 1 amide bonds. The van der Waals surface area contributed by atoms with E-state index in [-0.39, 0.29) is 66.6 Å². The number of amides is 1. The Morgan fingerprint density at radius 3 is 2.46 bits per heavy atom. The highest BCUT2D eigenvalue weighted by atomic mass is 32.5. The quantitative estimate of drug-likeness (QED) is 0.104. The van der Waals surface area contributed by atoms with Gasteiger partial charge in [0.05, 0.1) is 25.7 Å². The van der Waals surface area contributed by atoms with E-state index in [1.165, 1.54) is 7.11 Å². The lowest BCUT2D eigenvalue weighted by atomic mass is 9.43. The molecule has 0 radical (unpaired) electrons. The molecule has 4 aliphatic rings. The lowest BCUT2D eigenvalue weighted by molar-refractivity contribution is -0.167. The monoisotopic (exact) mass is 683 g/mol. The molecule has 9 nitrogen and oxygen atoms in total. The molecule has 0 bridgehead atoms. The molecular weight excluding hydrogens is 625 g/mol. The van der Waals surface area contributed by atoms with Gasteiger partial charge in [0.2, 0.25) is 5.91 Å². The van der Waals surface area contributed by atoms with Gasteiger partial charge in [-0.2, -0.15) is 0 Å². The average Bonchev–Trinajstić information content (AvgIpc) is 3.35. The first-order chi connectivity index (χ1) is 21.7. The van der Waals surface area contributed by atoms with E-state index < -0.39 is 12.7 Å². The summed E-state index contributed by atoms with van der Waals surface area (Å²) >= 11 is 4.74. The number of aliphatic hydroxyl groups excluding tert-OH is 1. The number of fused-ring (bicyclic) bond motifs is 5. The van der Waals surface area contributed by atoms with E-state index in [0.717, 1.165) is 57.8 Å². The number of hydrogen-bond acceptors (Lipinski definition) is 8. The minimum absolute atomic E-state index is 0.0304. The molecule has 4 fully saturated rings. The van der Waals surface area contributed by atoms with Crippen LogP contribution in [-0.4, -0.2) is 60.1 Å². The Morgan fingerprint density at radius 2 is 1.74 bits per heavy atom. The molecule has 11 atom stereocenters. The largest absolute Gasteiger partial charge is 0.465 e. The molecule has 11 heteroatoms. The van der Waals surface area contributed by atoms with Gasteiger partial charge in [-0.1, -0.05) is 39.8 Å². The lowest BCUT2D eigenvalue weighted by Crippen LogP contribution is -2.59. The first-order valence-electron chi connectivity index (χ1n) is 17.6. The number of ether oxygens (including phenoxy) is 1. The van der Waals surface area contributed by atoms with Crippen LogP contribution in [0.1, 0.15) is 111 Å². The van der Waals surface area contributed by atoms with Gasteiger partial charge in [0, 0.05) is 32.4 Å². The normalized spacial score (nSPS) is 37.4. The summed E-state index contributed by atoms with van der Waals surface area (Å²) in [7, 11) is 1.25. The zero-order valence-electron chi connectivity index (χ0n) is 28.6. The Hall–Kier alpha value is -1.16. The lowest BCUT2D eigenvalue weighted by Gasteiger charge is -2.62. The third-order valence-electron chi connectivity index (χ3n) is 12.5. The molecule has 262 valence electrons. The SMILES string of the molecule is CCC=CCC(=O)N[C@@H]1CC[C@@]2(C)C(CC(O)C3C2CC[C@@]2(C)C3CCC2[C@H](C)CC(=O)CCOC(=O)CCOP(O)(=S)OC)C1. The van der Waals surface area contributed by atoms with Crippen LogP contribution in [0.15, 0.2) is 12.2 Å². The van der Waals surface area contributed by atoms with Gasteiger partial charge in [-0.3, -0.25) is 14.4 Å². The molecule has 4 rings (SSSR count). The van der Waals surface area contributed by atoms with Crippen molar-refractivity contribution in [3.63, 3.8) is 0 Å². The highest BCUT2D eigenvalue weighted by Gasteiger charge is 2.63. The molecule has 0 aromatic heterocycles. The Labute approximate surface area is 281 Å². The van der Waals surface area contributed by atoms with Crippen molar-refractivity contribution in [1.29, 1.82) is 0 Å². The number of nitrogens with one attached hydrogen (secondary N) is 1. The molecule has 7 unspecified atom stereocenters. The van der Waals surface area contributed by atoms with E-state index in [1.807, 2.05) is 12.2 Å². The Balaban J connectivity index is 1.28. The summed E-state index contributed by atoms with van der Waals surface area (Å²) in [6.45, 7) is 5.79. The fourth-order valence-corrected chi connectivity index (χ4v) is 10.9. The summed E-state index contributed by atoms with van der Waals surface area (Å²) < 4.78 is 14.9. The number of Topliss-reactive ketones (excluding diaryl/α,β-unsaturated/α-hetero) is 1. The van der Waals surface area contributed by atoms with Gasteiger partial charge < -0.3 is 29.1 Å². The number of carbonyl (C=O) groups excluding carboxylic acids is 3. The summed E-state index contributed by atoms with van der Waals surface area (Å²) in [4.78, 5) is 47.0. The van der Waals surface area contributed by atoms with E-state index >= 15 is 0 Å². The van der Waals surface area contributed by atoms with E-state index in [4.69, 9.17) is 21.1 Å². The van der Waals surface area contributed by atoms with Crippen LogP contribution in [0.3, 0.4) is 0 Å². The molecule has 4 saturated carbocycles. The van der Waals surface area contributed by atoms with E-state index in [9.17, 15) is 24.4 Å². The van der Waals surface area contributed by atoms with Gasteiger partial charge in [0.15, 0.2) is 0 Å². The minimum Gasteiger partial charge on any atom is -0.465 e. The highest BCUT2D eigenvalue weighted by molar-refractivity contribution is 8.07. The number of aliphatic hydroxyl groups is 1. The maximum absolute atomic E-state index is 12.9. The highest BCUT2D eigenvalue weighted by Crippen LogP contribution is 2.68. The second-order valence-corrected chi connectivity index (χ2v) is 18.0. The fraction of sp³-hybridized carbons (Fsp3) is 0.857. The number of rotatable bonds is 15. The van der Waals surface area contributed by atoms with Gasteiger partial charge in [0.25, 0.3) is 0 Å². The number of allylic oxidation sites excluding steroid dienone is 1. The Bertz CT molecular complexity index is 1170. The summed E-state index contributed by atoms with van der Waals surface area (Å²) in [5, 5.41) is 15.0. The fourth-order valence-electron chi connectivity index (χ4n) is 10.2. The van der Waals surface area contributed by atoms with Crippen LogP contribution < -0.4 is 5.32 Å². The number of hydrogen-bond donors (Lipinski definition) is 3. The molecule has 0 aliphatic heterocycles. The van der Waals surface area contributed by atoms with Crippen LogP contribution in [0.4, 0.5) is 0 Å². The Morgan fingerprint density at radius 1 is 1.02 bits per heavy atom. The van der Waals surface area contributed by atoms with Crippen LogP contribution in [0, 0.1) is 46.3 Å². The van der Waals surface area contributed by atoms with Gasteiger partial charge in [-0.05, 0) is 116 Å². The van der Waals surface area contributed by atoms with E-state index in [2.05, 4.69) is 37.5 Å². The van der Waals surface area contributed by atoms with Crippen LogP contribution in [0.25, 0.3) is 0 Å². The third kappa shape index (κ3) is 8.70. The first kappa shape index (κ1) is 37.7. The summed E-state index contributed by atoms with van der Waals surface area (Å²) in [6, 6.07) is 0.195. The predicted octanol–water partition coefficient (Wildman–Crippen LogP) is 6.26. The molecule has 0 aromatic carbocycles. The number of esters is 1. The molecule has 46 heavy (non-hydrogen) atoms. The van der Waals surface area contributed by atoms with Crippen LogP contribution in [0.5, 0.6) is 0 Å². The van der Waals surface area contributed by atoms with Crippen molar-refractivity contribution in [3.05, 3.63) is 12.2 Å². The minimum atomic E-state index is -3.30. The zero-order valence-corrected chi connectivity index (χ0v) is 30.3. The second kappa shape index (κ2) is 16.0. The summed E-state index contributed by atoms with van der Waals surface area (Å²) in [6.07, 6.45) is 13.9. The maximum atomic E-state index is 12.9. The van der Waals surface area contributed by atoms with Crippen molar-refractivity contribution >= 4 is 36.2 Å². The van der Waals surface area contributed by atoms with Gasteiger partial charge in [-0.25, -0.2) is 0 Å². The Kier molecular flexibility index (Phi) is 13.1. The predicted molar refractivity (Wildman–Crippen MR) is 181 cm³/mol. The van der Waals surface area contributed by atoms with E-state index in [0.29, 0.717) is 42.4 Å². The number of carbonyl (C=O) groups is 3. The van der Waals surface area contributed by atoms with Crippen molar-refractivity contribution in [2.24, 2.45) is 46.3 Å². The first-order valence-corrected chi connectivity index (χ1v) is 20.2. The second-order valence-electron chi connectivity index (χ2n) is 15.1. The van der Waals surface area contributed by atoms with Gasteiger partial charge in [-0.15, -0.1) is 0 Å². The van der Waals surface area contributed by atoms with Crippen LogP contribution in [-0.2, 0) is 40.0 Å². The smallest absolute Gasteiger partial charge is 0.324 e. The molecule has 0 heterocycles. The summed E-state index contributed by atoms with van der Waals surface area (Å²) in [5.74, 6) is 2.01.